The van der Waals surface area contributed by atoms with E-state index in [-0.39, 0.29) is 11.2 Å². The van der Waals surface area contributed by atoms with Gasteiger partial charge >= 0.3 is 5.12 Å². The van der Waals surface area contributed by atoms with Gasteiger partial charge < -0.3 is 10.3 Å². The second-order valence-electron chi connectivity index (χ2n) is 5.23. The Kier molecular flexibility index (Phi) is 5.52. The minimum absolute atomic E-state index is 0.0137. The summed E-state index contributed by atoms with van der Waals surface area (Å²) >= 11 is -1.49. The Labute approximate surface area is 138 Å². The standard InChI is InChI=1S/C17H19N3O2S/c1-11(5-4-6-15-12(2)19-17(18)20-15)13-7-9-14(10-8-13)16(21)23(3)22/h4-10,12H,1-3H3,(H2,18,19)/b6-4-,11-5+. The van der Waals surface area contributed by atoms with E-state index in [1.165, 1.54) is 6.26 Å². The number of carbonyl (C=O) groups excluding carboxylic acids is 1. The largest absolute Gasteiger partial charge is 0.609 e. The molecule has 23 heavy (non-hydrogen) atoms. The fourth-order valence-electron chi connectivity index (χ4n) is 2.12. The van der Waals surface area contributed by atoms with Crippen LogP contribution in [0.3, 0.4) is 0 Å². The van der Waals surface area contributed by atoms with Crippen LogP contribution in [0.5, 0.6) is 0 Å². The average molecular weight is 329 g/mol. The van der Waals surface area contributed by atoms with Crippen LogP contribution >= 0.6 is 0 Å². The van der Waals surface area contributed by atoms with Gasteiger partial charge in [-0.3, -0.25) is 0 Å². The zero-order valence-electron chi connectivity index (χ0n) is 13.3. The fourth-order valence-corrected chi connectivity index (χ4v) is 2.59. The van der Waals surface area contributed by atoms with Gasteiger partial charge in [0.15, 0.2) is 0 Å². The molecule has 6 heteroatoms. The highest BCUT2D eigenvalue weighted by Crippen LogP contribution is 2.16. The predicted octanol–water partition coefficient (Wildman–Crippen LogP) is 2.32. The number of hydrogen-bond acceptors (Lipinski definition) is 5. The van der Waals surface area contributed by atoms with Crippen molar-refractivity contribution in [3.05, 3.63) is 53.6 Å². The molecule has 2 N–H and O–H groups in total. The molecule has 1 aliphatic rings. The molecule has 120 valence electrons. The number of nitrogens with zero attached hydrogens (tertiary/aromatic N) is 2. The van der Waals surface area contributed by atoms with E-state index in [9.17, 15) is 9.35 Å². The molecule has 0 radical (unpaired) electrons. The molecule has 0 spiro atoms. The lowest BCUT2D eigenvalue weighted by Gasteiger charge is -2.04. The molecule has 1 heterocycles. The van der Waals surface area contributed by atoms with E-state index in [0.717, 1.165) is 16.8 Å². The number of hydrogen-bond donors (Lipinski definition) is 1. The number of carbonyl (C=O) groups is 1. The molecule has 1 aliphatic heterocycles. The van der Waals surface area contributed by atoms with E-state index in [1.807, 2.05) is 44.2 Å². The number of allylic oxidation sites excluding steroid dienone is 3. The van der Waals surface area contributed by atoms with Crippen molar-refractivity contribution in [2.75, 3.05) is 6.26 Å². The van der Waals surface area contributed by atoms with Gasteiger partial charge in [-0.25, -0.2) is 14.8 Å². The van der Waals surface area contributed by atoms with Gasteiger partial charge in [0.25, 0.3) is 0 Å². The van der Waals surface area contributed by atoms with Crippen molar-refractivity contribution in [2.24, 2.45) is 15.7 Å². The van der Waals surface area contributed by atoms with Crippen molar-refractivity contribution in [1.82, 2.24) is 0 Å². The zero-order chi connectivity index (χ0) is 17.0. The summed E-state index contributed by atoms with van der Waals surface area (Å²) in [6.07, 6.45) is 7.13. The summed E-state index contributed by atoms with van der Waals surface area (Å²) < 4.78 is 11.2. The summed E-state index contributed by atoms with van der Waals surface area (Å²) in [4.78, 5) is 19.9. The summed E-state index contributed by atoms with van der Waals surface area (Å²) in [5, 5.41) is -0.358. The summed E-state index contributed by atoms with van der Waals surface area (Å²) in [5.41, 5.74) is 8.88. The third-order valence-corrected chi connectivity index (χ3v) is 4.21. The van der Waals surface area contributed by atoms with Gasteiger partial charge in [-0.05, 0) is 43.2 Å². The number of aliphatic imine (C=N–C) groups is 2. The van der Waals surface area contributed by atoms with Crippen molar-refractivity contribution >= 4 is 33.5 Å². The molecule has 0 amide bonds. The second kappa shape index (κ2) is 7.39. The van der Waals surface area contributed by atoms with E-state index < -0.39 is 11.2 Å². The smallest absolute Gasteiger partial charge is 0.359 e. The third kappa shape index (κ3) is 4.40. The molecular formula is C17H19N3O2S. The Hall–Kier alpha value is -2.18. The maximum Gasteiger partial charge on any atom is 0.359 e. The van der Waals surface area contributed by atoms with Crippen LogP contribution in [0.25, 0.3) is 5.57 Å². The topological polar surface area (TPSA) is 90.9 Å². The van der Waals surface area contributed by atoms with Crippen molar-refractivity contribution in [2.45, 2.75) is 19.9 Å². The van der Waals surface area contributed by atoms with Crippen LogP contribution in [0.4, 0.5) is 0 Å². The monoisotopic (exact) mass is 329 g/mol. The van der Waals surface area contributed by atoms with Gasteiger partial charge in [-0.15, -0.1) is 0 Å². The molecule has 0 fully saturated rings. The lowest BCUT2D eigenvalue weighted by atomic mass is 10.0. The van der Waals surface area contributed by atoms with Crippen LogP contribution in [-0.4, -0.2) is 33.6 Å². The highest BCUT2D eigenvalue weighted by Gasteiger charge is 2.16. The molecule has 2 unspecified atom stereocenters. The molecular weight excluding hydrogens is 310 g/mol. The molecule has 0 saturated carbocycles. The molecule has 2 rings (SSSR count). The van der Waals surface area contributed by atoms with E-state index in [0.29, 0.717) is 11.5 Å². The van der Waals surface area contributed by atoms with Crippen LogP contribution in [0.2, 0.25) is 0 Å². The van der Waals surface area contributed by atoms with Crippen molar-refractivity contribution < 1.29 is 9.35 Å². The SMILES string of the molecule is C/C(=C\C=C/C1=NC(N)=NC1C)c1ccc(C(=O)[S+](C)[O-])cc1. The number of rotatable bonds is 4. The van der Waals surface area contributed by atoms with Crippen LogP contribution in [0.1, 0.15) is 29.8 Å². The van der Waals surface area contributed by atoms with Gasteiger partial charge in [0.2, 0.25) is 5.96 Å². The molecule has 0 saturated heterocycles. The minimum Gasteiger partial charge on any atom is -0.609 e. The molecule has 0 bridgehead atoms. The Morgan fingerprint density at radius 2 is 1.91 bits per heavy atom. The van der Waals surface area contributed by atoms with E-state index in [1.54, 1.807) is 12.1 Å². The maximum absolute atomic E-state index is 11.6. The molecule has 0 aliphatic carbocycles. The van der Waals surface area contributed by atoms with Crippen molar-refractivity contribution in [3.8, 4) is 0 Å². The van der Waals surface area contributed by atoms with Crippen molar-refractivity contribution in [1.29, 1.82) is 0 Å². The van der Waals surface area contributed by atoms with Crippen LogP contribution in [0.15, 0.2) is 52.5 Å². The van der Waals surface area contributed by atoms with Crippen LogP contribution < -0.4 is 5.73 Å². The molecule has 1 aromatic carbocycles. The minimum atomic E-state index is -1.49. The highest BCUT2D eigenvalue weighted by atomic mass is 32.2. The number of guanidine groups is 1. The Bertz CT molecular complexity index is 716. The summed E-state index contributed by atoms with van der Waals surface area (Å²) in [6, 6.07) is 7.06. The summed E-state index contributed by atoms with van der Waals surface area (Å²) in [7, 11) is 0. The van der Waals surface area contributed by atoms with Crippen LogP contribution in [0, 0.1) is 0 Å². The Morgan fingerprint density at radius 3 is 2.43 bits per heavy atom. The number of nitrogens with two attached hydrogens (primary N) is 1. The molecule has 0 aromatic heterocycles. The first-order chi connectivity index (χ1) is 10.9. The molecule has 1 aromatic rings. The van der Waals surface area contributed by atoms with Crippen molar-refractivity contribution in [3.63, 3.8) is 0 Å². The lowest BCUT2D eigenvalue weighted by molar-refractivity contribution is 0.107. The number of benzene rings is 1. The quantitative estimate of drug-likeness (QED) is 0.679. The predicted molar refractivity (Wildman–Crippen MR) is 96.1 cm³/mol. The summed E-state index contributed by atoms with van der Waals surface area (Å²) in [5.74, 6) is 0.311. The maximum atomic E-state index is 11.6. The highest BCUT2D eigenvalue weighted by molar-refractivity contribution is 8.06. The molecule has 2 atom stereocenters. The lowest BCUT2D eigenvalue weighted by Crippen LogP contribution is -2.12. The van der Waals surface area contributed by atoms with E-state index >= 15 is 0 Å². The van der Waals surface area contributed by atoms with Gasteiger partial charge in [-0.1, -0.05) is 24.3 Å². The molecule has 5 nitrogen and oxygen atoms in total. The second-order valence-corrected chi connectivity index (χ2v) is 6.51. The Morgan fingerprint density at radius 1 is 1.30 bits per heavy atom. The Balaban J connectivity index is 2.07. The van der Waals surface area contributed by atoms with E-state index in [4.69, 9.17) is 5.73 Å². The first-order valence-corrected chi connectivity index (χ1v) is 8.69. The summed E-state index contributed by atoms with van der Waals surface area (Å²) in [6.45, 7) is 3.91. The van der Waals surface area contributed by atoms with Gasteiger partial charge in [0, 0.05) is 11.2 Å². The fraction of sp³-hybridized carbons (Fsp3) is 0.235. The van der Waals surface area contributed by atoms with Crippen LogP contribution in [-0.2, 0) is 11.2 Å². The third-order valence-electron chi connectivity index (χ3n) is 3.45. The first kappa shape index (κ1) is 17.2. The zero-order valence-corrected chi connectivity index (χ0v) is 14.1. The first-order valence-electron chi connectivity index (χ1n) is 7.13. The normalized spacial score (nSPS) is 19.7. The average Bonchev–Trinajstić information content (AvgIpc) is 2.84. The van der Waals surface area contributed by atoms with Gasteiger partial charge in [-0.2, -0.15) is 0 Å². The van der Waals surface area contributed by atoms with Gasteiger partial charge in [0.05, 0.1) is 17.3 Å². The van der Waals surface area contributed by atoms with Gasteiger partial charge in [0.1, 0.15) is 6.26 Å². The van der Waals surface area contributed by atoms with E-state index in [2.05, 4.69) is 9.98 Å².